The van der Waals surface area contributed by atoms with Crippen LogP contribution in [-0.4, -0.2) is 10.1 Å². The highest BCUT2D eigenvalue weighted by Crippen LogP contribution is 2.25. The minimum Gasteiger partial charge on any atom is -0.339 e. The fourth-order valence-electron chi connectivity index (χ4n) is 1.44. The second-order valence-corrected chi connectivity index (χ2v) is 3.93. The Labute approximate surface area is 103 Å². The van der Waals surface area contributed by atoms with Gasteiger partial charge in [-0.1, -0.05) is 35.8 Å². The number of aryl methyl sites for hydroxylation is 1. The van der Waals surface area contributed by atoms with Crippen LogP contribution in [0.25, 0.3) is 0 Å². The van der Waals surface area contributed by atoms with Gasteiger partial charge in [0.05, 0.1) is 11.1 Å². The van der Waals surface area contributed by atoms with Gasteiger partial charge in [0, 0.05) is 12.0 Å². The van der Waals surface area contributed by atoms with Crippen LogP contribution in [0.2, 0.25) is 5.02 Å². The van der Waals surface area contributed by atoms with Crippen molar-refractivity contribution in [2.24, 2.45) is 5.73 Å². The smallest absolute Gasteiger partial charge is 0.226 e. The lowest BCUT2D eigenvalue weighted by molar-refractivity contribution is 0.374. The zero-order chi connectivity index (χ0) is 12.4. The first-order valence-corrected chi connectivity index (χ1v) is 5.53. The molecule has 0 saturated carbocycles. The van der Waals surface area contributed by atoms with Crippen molar-refractivity contribution in [2.45, 2.75) is 19.4 Å². The molecule has 2 N–H and O–H groups in total. The second-order valence-electron chi connectivity index (χ2n) is 3.52. The van der Waals surface area contributed by atoms with Gasteiger partial charge in [0.1, 0.15) is 5.82 Å². The van der Waals surface area contributed by atoms with E-state index in [0.717, 1.165) is 0 Å². The van der Waals surface area contributed by atoms with Crippen molar-refractivity contribution in [3.8, 4) is 0 Å². The minimum atomic E-state index is -0.780. The van der Waals surface area contributed by atoms with Crippen LogP contribution in [0.4, 0.5) is 4.39 Å². The topological polar surface area (TPSA) is 64.9 Å². The summed E-state index contributed by atoms with van der Waals surface area (Å²) in [5, 5.41) is 3.74. The number of hydrogen-bond acceptors (Lipinski definition) is 4. The van der Waals surface area contributed by atoms with Crippen LogP contribution in [0.15, 0.2) is 22.7 Å². The third-order valence-electron chi connectivity index (χ3n) is 2.38. The average molecular weight is 256 g/mol. The number of halogens is 2. The van der Waals surface area contributed by atoms with Crippen LogP contribution >= 0.6 is 11.6 Å². The van der Waals surface area contributed by atoms with Gasteiger partial charge in [-0.05, 0) is 6.07 Å². The van der Waals surface area contributed by atoms with E-state index in [0.29, 0.717) is 12.3 Å². The zero-order valence-corrected chi connectivity index (χ0v) is 9.91. The first kappa shape index (κ1) is 12.0. The predicted octanol–water partition coefficient (Wildman–Crippen LogP) is 2.47. The number of hydrogen-bond donors (Lipinski definition) is 1. The summed E-state index contributed by atoms with van der Waals surface area (Å²) in [6.45, 7) is 1.88. The summed E-state index contributed by atoms with van der Waals surface area (Å²) >= 11 is 5.68. The molecule has 1 heterocycles. The monoisotopic (exact) mass is 255 g/mol. The van der Waals surface area contributed by atoms with Gasteiger partial charge in [0.2, 0.25) is 5.89 Å². The van der Waals surface area contributed by atoms with Crippen LogP contribution in [0.1, 0.15) is 30.2 Å². The Balaban J connectivity index is 2.36. The van der Waals surface area contributed by atoms with Gasteiger partial charge in [-0.2, -0.15) is 4.98 Å². The van der Waals surface area contributed by atoms with Crippen molar-refractivity contribution in [3.63, 3.8) is 0 Å². The first-order chi connectivity index (χ1) is 8.13. The van der Waals surface area contributed by atoms with Gasteiger partial charge in [-0.25, -0.2) is 4.39 Å². The third-order valence-corrected chi connectivity index (χ3v) is 2.67. The van der Waals surface area contributed by atoms with E-state index >= 15 is 0 Å². The van der Waals surface area contributed by atoms with E-state index < -0.39 is 11.9 Å². The molecular formula is C11H11ClFN3O. The molecule has 0 amide bonds. The molecule has 4 nitrogen and oxygen atoms in total. The number of nitrogens with zero attached hydrogens (tertiary/aromatic N) is 2. The van der Waals surface area contributed by atoms with Crippen LogP contribution in [0.5, 0.6) is 0 Å². The fraction of sp³-hybridized carbons (Fsp3) is 0.273. The molecule has 1 unspecified atom stereocenters. The van der Waals surface area contributed by atoms with Crippen molar-refractivity contribution >= 4 is 11.6 Å². The zero-order valence-electron chi connectivity index (χ0n) is 9.15. The molecule has 1 atom stereocenters. The summed E-state index contributed by atoms with van der Waals surface area (Å²) in [6, 6.07) is 3.86. The molecule has 17 heavy (non-hydrogen) atoms. The van der Waals surface area contributed by atoms with Crippen molar-refractivity contribution < 1.29 is 8.91 Å². The van der Waals surface area contributed by atoms with Gasteiger partial charge >= 0.3 is 0 Å². The van der Waals surface area contributed by atoms with Crippen LogP contribution < -0.4 is 5.73 Å². The maximum atomic E-state index is 13.7. The van der Waals surface area contributed by atoms with Crippen molar-refractivity contribution in [1.29, 1.82) is 0 Å². The second kappa shape index (κ2) is 4.81. The number of benzene rings is 1. The highest BCUT2D eigenvalue weighted by Gasteiger charge is 2.20. The molecular weight excluding hydrogens is 245 g/mol. The van der Waals surface area contributed by atoms with Gasteiger partial charge < -0.3 is 10.3 Å². The Hall–Kier alpha value is -1.46. The molecule has 0 saturated heterocycles. The van der Waals surface area contributed by atoms with Crippen molar-refractivity contribution in [3.05, 3.63) is 46.3 Å². The highest BCUT2D eigenvalue weighted by atomic mass is 35.5. The molecule has 0 fully saturated rings. The van der Waals surface area contributed by atoms with Crippen LogP contribution in [-0.2, 0) is 6.42 Å². The Morgan fingerprint density at radius 3 is 2.94 bits per heavy atom. The molecule has 2 rings (SSSR count). The molecule has 90 valence electrons. The van der Waals surface area contributed by atoms with E-state index in [1.807, 2.05) is 6.92 Å². The van der Waals surface area contributed by atoms with E-state index in [4.69, 9.17) is 21.9 Å². The number of aromatic nitrogens is 2. The molecule has 1 aromatic carbocycles. The molecule has 0 aliphatic heterocycles. The third kappa shape index (κ3) is 2.30. The summed E-state index contributed by atoms with van der Waals surface area (Å²) < 4.78 is 18.7. The summed E-state index contributed by atoms with van der Waals surface area (Å²) in [7, 11) is 0. The lowest BCUT2D eigenvalue weighted by Gasteiger charge is -2.09. The normalized spacial score (nSPS) is 12.7. The van der Waals surface area contributed by atoms with E-state index in [2.05, 4.69) is 10.1 Å². The molecule has 0 radical (unpaired) electrons. The Bertz CT molecular complexity index is 529. The maximum Gasteiger partial charge on any atom is 0.226 e. The Kier molecular flexibility index (Phi) is 3.40. The molecule has 1 aromatic heterocycles. The molecule has 0 aliphatic rings. The molecule has 2 aromatic rings. The summed E-state index contributed by atoms with van der Waals surface area (Å²) in [4.78, 5) is 4.06. The fourth-order valence-corrected chi connectivity index (χ4v) is 1.62. The quantitative estimate of drug-likeness (QED) is 0.915. The predicted molar refractivity (Wildman–Crippen MR) is 61.1 cm³/mol. The Morgan fingerprint density at radius 2 is 2.29 bits per heavy atom. The standard InChI is InChI=1S/C11H11ClFN3O/c1-2-8-15-11(16-17-8)10(14)6-4-3-5-7(12)9(6)13/h3-5,10H,2,14H2,1H3. The van der Waals surface area contributed by atoms with E-state index in [-0.39, 0.29) is 16.4 Å². The van der Waals surface area contributed by atoms with Crippen molar-refractivity contribution in [2.75, 3.05) is 0 Å². The molecule has 0 spiro atoms. The van der Waals surface area contributed by atoms with Crippen LogP contribution in [0, 0.1) is 5.82 Å². The van der Waals surface area contributed by atoms with Crippen LogP contribution in [0.3, 0.4) is 0 Å². The van der Waals surface area contributed by atoms with Gasteiger partial charge in [-0.3, -0.25) is 0 Å². The SMILES string of the molecule is CCc1nc(C(N)c2cccc(Cl)c2F)no1. The average Bonchev–Trinajstić information content (AvgIpc) is 2.80. The molecule has 6 heteroatoms. The lowest BCUT2D eigenvalue weighted by Crippen LogP contribution is -2.15. The number of nitrogens with two attached hydrogens (primary N) is 1. The van der Waals surface area contributed by atoms with Gasteiger partial charge in [0.25, 0.3) is 0 Å². The summed E-state index contributed by atoms with van der Waals surface area (Å²) in [5.74, 6) is 0.172. The number of rotatable bonds is 3. The minimum absolute atomic E-state index is 0.0251. The lowest BCUT2D eigenvalue weighted by atomic mass is 10.1. The van der Waals surface area contributed by atoms with E-state index in [1.165, 1.54) is 6.07 Å². The largest absolute Gasteiger partial charge is 0.339 e. The van der Waals surface area contributed by atoms with E-state index in [1.54, 1.807) is 12.1 Å². The molecule has 0 bridgehead atoms. The van der Waals surface area contributed by atoms with Gasteiger partial charge in [0.15, 0.2) is 5.82 Å². The first-order valence-electron chi connectivity index (χ1n) is 5.15. The van der Waals surface area contributed by atoms with Gasteiger partial charge in [-0.15, -0.1) is 0 Å². The highest BCUT2D eigenvalue weighted by molar-refractivity contribution is 6.30. The van der Waals surface area contributed by atoms with E-state index in [9.17, 15) is 4.39 Å². The Morgan fingerprint density at radius 1 is 1.53 bits per heavy atom. The van der Waals surface area contributed by atoms with Crippen molar-refractivity contribution in [1.82, 2.24) is 10.1 Å². The maximum absolute atomic E-state index is 13.7. The summed E-state index contributed by atoms with van der Waals surface area (Å²) in [6.07, 6.45) is 0.609. The summed E-state index contributed by atoms with van der Waals surface area (Å²) in [5.41, 5.74) is 6.12. The molecule has 0 aliphatic carbocycles.